The second kappa shape index (κ2) is 8.83. The highest BCUT2D eigenvalue weighted by Gasteiger charge is 2.45. The first kappa shape index (κ1) is 24.4. The molecule has 184 valence electrons. The van der Waals surface area contributed by atoms with Crippen molar-refractivity contribution in [1.82, 2.24) is 9.63 Å². The number of hydrogen-bond acceptors (Lipinski definition) is 5. The van der Waals surface area contributed by atoms with Gasteiger partial charge in [0.15, 0.2) is 11.9 Å². The van der Waals surface area contributed by atoms with E-state index in [-0.39, 0.29) is 30.3 Å². The largest absolute Gasteiger partial charge is 0.495 e. The highest BCUT2D eigenvalue weighted by atomic mass is 32.1. The van der Waals surface area contributed by atoms with Gasteiger partial charge in [0.2, 0.25) is 0 Å². The van der Waals surface area contributed by atoms with Crippen molar-refractivity contribution in [1.29, 1.82) is 0 Å². The van der Waals surface area contributed by atoms with E-state index in [1.165, 1.54) is 11.1 Å². The lowest BCUT2D eigenvalue weighted by molar-refractivity contribution is -0.701. The van der Waals surface area contributed by atoms with Gasteiger partial charge in [0.1, 0.15) is 13.1 Å². The molecule has 0 unspecified atom stereocenters. The molecular formula is C21H14F6N3O4S+. The molecule has 0 atom stereocenters. The van der Waals surface area contributed by atoms with Gasteiger partial charge in [0.05, 0.1) is 16.3 Å². The Morgan fingerprint density at radius 1 is 0.914 bits per heavy atom. The lowest BCUT2D eigenvalue weighted by atomic mass is 10.1. The molecule has 1 amide bonds. The summed E-state index contributed by atoms with van der Waals surface area (Å²) in [7, 11) is 0. The number of hydrogen-bond donors (Lipinski definition) is 0. The number of Topliss-reactive ketones (excluding diaryl/α,β-unsaturated/α-hetero) is 1. The number of imidazole rings is 1. The Bertz CT molecular complexity index is 1300. The van der Waals surface area contributed by atoms with Gasteiger partial charge in [-0.25, -0.2) is 14.2 Å². The van der Waals surface area contributed by atoms with E-state index in [0.717, 1.165) is 12.1 Å². The lowest BCUT2D eigenvalue weighted by Gasteiger charge is -2.24. The molecule has 1 aromatic carbocycles. The van der Waals surface area contributed by atoms with Crippen LogP contribution in [0.4, 0.5) is 26.3 Å². The number of amides is 1. The molecule has 0 N–H and O–H groups in total. The molecule has 7 nitrogen and oxygen atoms in total. The van der Waals surface area contributed by atoms with Crippen LogP contribution in [0.25, 0.3) is 11.3 Å². The molecule has 0 bridgehead atoms. The highest BCUT2D eigenvalue weighted by molar-refractivity contribution is 7.16. The third-order valence-corrected chi connectivity index (χ3v) is 6.16. The summed E-state index contributed by atoms with van der Waals surface area (Å²) in [5.41, 5.74) is 1.04. The Morgan fingerprint density at radius 3 is 2.20 bits per heavy atom. The Hall–Kier alpha value is -3.68. The van der Waals surface area contributed by atoms with Gasteiger partial charge in [-0.05, 0) is 16.9 Å². The second-order valence-electron chi connectivity index (χ2n) is 7.37. The van der Waals surface area contributed by atoms with Crippen molar-refractivity contribution >= 4 is 29.0 Å². The van der Waals surface area contributed by atoms with E-state index in [1.54, 1.807) is 34.9 Å². The minimum absolute atomic E-state index is 0.0317. The number of alkyl halides is 6. The van der Waals surface area contributed by atoms with Crippen LogP contribution in [-0.2, 0) is 17.9 Å². The lowest BCUT2D eigenvalue weighted by Crippen LogP contribution is -2.53. The van der Waals surface area contributed by atoms with Crippen LogP contribution in [0.1, 0.15) is 25.2 Å². The van der Waals surface area contributed by atoms with E-state index in [4.69, 9.17) is 0 Å². The zero-order chi connectivity index (χ0) is 25.5. The van der Waals surface area contributed by atoms with E-state index in [2.05, 4.69) is 4.84 Å². The van der Waals surface area contributed by atoms with Gasteiger partial charge in [-0.1, -0.05) is 30.3 Å². The number of carbonyl (C=O) groups excluding carboxylic acids is 3. The number of ketones is 1. The molecule has 3 heterocycles. The Labute approximate surface area is 196 Å². The number of benzene rings is 1. The number of carbonyl (C=O) groups is 3. The van der Waals surface area contributed by atoms with Crippen LogP contribution >= 0.6 is 11.3 Å². The van der Waals surface area contributed by atoms with Crippen molar-refractivity contribution in [2.24, 2.45) is 0 Å². The van der Waals surface area contributed by atoms with Crippen molar-refractivity contribution in [3.05, 3.63) is 64.2 Å². The molecule has 35 heavy (non-hydrogen) atoms. The Balaban J connectivity index is 1.65. The predicted molar refractivity (Wildman–Crippen MR) is 107 cm³/mol. The van der Waals surface area contributed by atoms with Crippen LogP contribution in [0.5, 0.6) is 0 Å². The smallest absolute Gasteiger partial charge is 0.322 e. The van der Waals surface area contributed by atoms with Gasteiger partial charge in [0, 0.05) is 5.56 Å². The van der Waals surface area contributed by atoms with Crippen molar-refractivity contribution in [2.45, 2.75) is 25.4 Å². The molecule has 0 aliphatic carbocycles. The fourth-order valence-electron chi connectivity index (χ4n) is 3.49. The van der Waals surface area contributed by atoms with Gasteiger partial charge in [-0.2, -0.15) is 26.3 Å². The van der Waals surface area contributed by atoms with Gasteiger partial charge in [0.25, 0.3) is 11.7 Å². The van der Waals surface area contributed by atoms with Gasteiger partial charge in [-0.3, -0.25) is 9.59 Å². The summed E-state index contributed by atoms with van der Waals surface area (Å²) in [6.07, 6.45) is -9.18. The van der Waals surface area contributed by atoms with Crippen LogP contribution in [0, 0.1) is 0 Å². The van der Waals surface area contributed by atoms with Crippen LogP contribution in [0.3, 0.4) is 0 Å². The quantitative estimate of drug-likeness (QED) is 0.302. The normalized spacial score (nSPS) is 13.9. The van der Waals surface area contributed by atoms with Crippen molar-refractivity contribution in [3.8, 4) is 11.3 Å². The number of nitrogens with zero attached hydrogens (tertiary/aromatic N) is 3. The fourth-order valence-corrected chi connectivity index (χ4v) is 4.43. The van der Waals surface area contributed by atoms with Crippen molar-refractivity contribution in [2.75, 3.05) is 6.54 Å². The minimum Gasteiger partial charge on any atom is -0.322 e. The number of rotatable bonds is 4. The zero-order valence-electron chi connectivity index (χ0n) is 17.4. The van der Waals surface area contributed by atoms with E-state index in [0.29, 0.717) is 27.3 Å². The SMILES string of the molecule is O=C(c1ccc(C(=O)C(F)(F)F)s1)N1CC[n+]2c(-c3ccccc3)cn(OC(=O)C(F)(F)F)c2C1. The summed E-state index contributed by atoms with van der Waals surface area (Å²) in [4.78, 5) is 40.7. The van der Waals surface area contributed by atoms with Crippen LogP contribution < -0.4 is 9.40 Å². The summed E-state index contributed by atoms with van der Waals surface area (Å²) in [6.45, 7) is -0.146. The van der Waals surface area contributed by atoms with E-state index >= 15 is 0 Å². The molecule has 14 heteroatoms. The third kappa shape index (κ3) is 4.92. The number of thiophene rings is 1. The summed E-state index contributed by atoms with van der Waals surface area (Å²) in [5, 5.41) is 0. The highest BCUT2D eigenvalue weighted by Crippen LogP contribution is 2.28. The monoisotopic (exact) mass is 518 g/mol. The van der Waals surface area contributed by atoms with Crippen LogP contribution in [-0.4, -0.2) is 46.2 Å². The Morgan fingerprint density at radius 2 is 1.57 bits per heavy atom. The topological polar surface area (TPSA) is 72.5 Å². The molecule has 3 aromatic rings. The summed E-state index contributed by atoms with van der Waals surface area (Å²) in [6, 6.07) is 10.5. The molecule has 2 aromatic heterocycles. The van der Waals surface area contributed by atoms with Crippen molar-refractivity contribution < 1.29 is 50.1 Å². The van der Waals surface area contributed by atoms with Crippen LogP contribution in [0.15, 0.2) is 48.7 Å². The molecule has 4 rings (SSSR count). The molecule has 1 aliphatic heterocycles. The number of aromatic nitrogens is 2. The Kier molecular flexibility index (Phi) is 6.17. The number of fused-ring (bicyclic) bond motifs is 1. The first-order valence-electron chi connectivity index (χ1n) is 9.86. The summed E-state index contributed by atoms with van der Waals surface area (Å²) in [5.74, 6) is -5.24. The van der Waals surface area contributed by atoms with E-state index in [1.807, 2.05) is 0 Å². The van der Waals surface area contributed by atoms with E-state index < -0.39 is 34.9 Å². The first-order valence-corrected chi connectivity index (χ1v) is 10.7. The fraction of sp³-hybridized carbons (Fsp3) is 0.238. The maximum atomic E-state index is 12.9. The molecule has 0 spiro atoms. The molecule has 0 radical (unpaired) electrons. The zero-order valence-corrected chi connectivity index (χ0v) is 18.2. The maximum Gasteiger partial charge on any atom is 0.495 e. The average molecular weight is 518 g/mol. The molecular weight excluding hydrogens is 504 g/mol. The molecule has 1 aliphatic rings. The maximum absolute atomic E-state index is 12.9. The third-order valence-electron chi connectivity index (χ3n) is 5.09. The first-order chi connectivity index (χ1) is 16.4. The van der Waals surface area contributed by atoms with Crippen LogP contribution in [0.2, 0.25) is 0 Å². The molecule has 0 saturated heterocycles. The van der Waals surface area contributed by atoms with Gasteiger partial charge >= 0.3 is 24.1 Å². The summed E-state index contributed by atoms with van der Waals surface area (Å²) < 4.78 is 78.7. The van der Waals surface area contributed by atoms with Crippen molar-refractivity contribution in [3.63, 3.8) is 0 Å². The number of halogens is 6. The van der Waals surface area contributed by atoms with E-state index in [9.17, 15) is 40.7 Å². The van der Waals surface area contributed by atoms with Gasteiger partial charge < -0.3 is 4.90 Å². The second-order valence-corrected chi connectivity index (χ2v) is 8.45. The summed E-state index contributed by atoms with van der Waals surface area (Å²) >= 11 is 0.363. The molecule has 0 fully saturated rings. The predicted octanol–water partition coefficient (Wildman–Crippen LogP) is 3.42. The standard InChI is InChI=1S/C21H14F6N3O4S/c22-20(23,24)17(31)14-6-7-15(35-14)18(32)28-8-9-29-13(12-4-2-1-3-5-12)10-30(16(29)11-28)34-19(33)21(25,26)27/h1-7,10H,8-9,11H2/q+1. The minimum atomic E-state index is -5.27. The van der Waals surface area contributed by atoms with Gasteiger partial charge in [-0.15, -0.1) is 11.3 Å². The average Bonchev–Trinajstić information content (AvgIpc) is 3.43. The molecule has 0 saturated carbocycles.